The second-order valence-electron chi connectivity index (χ2n) is 7.71. The largest absolute Gasteiger partial charge is 0.489 e. The normalized spacial score (nSPS) is 15.7. The lowest BCUT2D eigenvalue weighted by atomic mass is 10.2. The molecule has 160 valence electrons. The van der Waals surface area contributed by atoms with Gasteiger partial charge in [0.2, 0.25) is 0 Å². The lowest BCUT2D eigenvalue weighted by Crippen LogP contribution is -2.27. The summed E-state index contributed by atoms with van der Waals surface area (Å²) in [5.74, 6) is 0.568. The van der Waals surface area contributed by atoms with Crippen molar-refractivity contribution in [1.29, 1.82) is 0 Å². The minimum absolute atomic E-state index is 0. The molecule has 3 heterocycles. The van der Waals surface area contributed by atoms with Crippen LogP contribution in [0.3, 0.4) is 0 Å². The van der Waals surface area contributed by atoms with Gasteiger partial charge in [-0.2, -0.15) is 5.10 Å². The lowest BCUT2D eigenvalue weighted by Gasteiger charge is -2.12. The van der Waals surface area contributed by atoms with Crippen LogP contribution in [0.1, 0.15) is 18.4 Å². The molecule has 1 fully saturated rings. The fourth-order valence-electron chi connectivity index (χ4n) is 4.00. The first-order valence-corrected chi connectivity index (χ1v) is 10.3. The Kier molecular flexibility index (Phi) is 6.39. The van der Waals surface area contributed by atoms with Gasteiger partial charge in [-0.25, -0.2) is 0 Å². The van der Waals surface area contributed by atoms with E-state index in [0.717, 1.165) is 35.2 Å². The molecule has 1 saturated heterocycles. The third kappa shape index (κ3) is 4.65. The zero-order valence-corrected chi connectivity index (χ0v) is 17.9. The highest BCUT2D eigenvalue weighted by atomic mass is 35.5. The molecule has 2 aromatic carbocycles. The van der Waals surface area contributed by atoms with Gasteiger partial charge in [-0.3, -0.25) is 14.0 Å². The third-order valence-electron chi connectivity index (χ3n) is 5.60. The number of ether oxygens (including phenoxy) is 1. The van der Waals surface area contributed by atoms with Crippen molar-refractivity contribution in [2.24, 2.45) is 0 Å². The monoisotopic (exact) mass is 436 g/mol. The van der Waals surface area contributed by atoms with Crippen molar-refractivity contribution < 1.29 is 4.74 Å². The minimum Gasteiger partial charge on any atom is -0.489 e. The number of aromatic nitrogens is 3. The summed E-state index contributed by atoms with van der Waals surface area (Å²) in [6.45, 7) is 2.39. The Hall–Kier alpha value is -3.09. The number of pyridine rings is 1. The van der Waals surface area contributed by atoms with Crippen molar-refractivity contribution in [3.05, 3.63) is 89.0 Å². The summed E-state index contributed by atoms with van der Waals surface area (Å²) in [5.41, 5.74) is 2.85. The number of halogens is 1. The Balaban J connectivity index is 0.00000231. The highest BCUT2D eigenvalue weighted by molar-refractivity contribution is 5.85. The third-order valence-corrected chi connectivity index (χ3v) is 5.60. The van der Waals surface area contributed by atoms with Crippen LogP contribution in [0.2, 0.25) is 0 Å². The van der Waals surface area contributed by atoms with Gasteiger partial charge in [0.15, 0.2) is 0 Å². The van der Waals surface area contributed by atoms with Crippen LogP contribution in [0.4, 0.5) is 0 Å². The smallest absolute Gasteiger partial charge is 0.258 e. The van der Waals surface area contributed by atoms with Gasteiger partial charge < -0.3 is 10.1 Å². The van der Waals surface area contributed by atoms with E-state index in [-0.39, 0.29) is 18.0 Å². The second-order valence-corrected chi connectivity index (χ2v) is 7.71. The van der Waals surface area contributed by atoms with Crippen molar-refractivity contribution in [2.75, 3.05) is 6.54 Å². The van der Waals surface area contributed by atoms with Crippen molar-refractivity contribution >= 4 is 23.3 Å². The molecule has 1 atom stereocenters. The van der Waals surface area contributed by atoms with Crippen LogP contribution >= 0.6 is 12.4 Å². The standard InChI is InChI=1S/C24H24N4O2.ClH/c29-24-14-22(30-17-18-5-2-1-3-6-18)10-12-27(24)21-8-9-23-19(13-21)15-26-28(23)16-20-7-4-11-25-20;/h1-3,5-6,8-10,12-15,20,25H,4,7,11,16-17H2;1H. The topological polar surface area (TPSA) is 61.1 Å². The average molecular weight is 437 g/mol. The van der Waals surface area contributed by atoms with Crippen LogP contribution in [-0.4, -0.2) is 26.9 Å². The van der Waals surface area contributed by atoms with Gasteiger partial charge in [0, 0.05) is 29.4 Å². The van der Waals surface area contributed by atoms with E-state index in [1.54, 1.807) is 10.8 Å². The van der Waals surface area contributed by atoms with Crippen LogP contribution in [0.5, 0.6) is 5.75 Å². The summed E-state index contributed by atoms with van der Waals surface area (Å²) < 4.78 is 9.44. The molecule has 1 aliphatic heterocycles. The van der Waals surface area contributed by atoms with Gasteiger partial charge in [-0.05, 0) is 49.2 Å². The zero-order valence-electron chi connectivity index (χ0n) is 17.1. The Morgan fingerprint density at radius 1 is 1.10 bits per heavy atom. The summed E-state index contributed by atoms with van der Waals surface area (Å²) in [7, 11) is 0. The molecule has 4 aromatic rings. The summed E-state index contributed by atoms with van der Waals surface area (Å²) in [6.07, 6.45) is 6.04. The molecule has 0 amide bonds. The zero-order chi connectivity index (χ0) is 20.3. The van der Waals surface area contributed by atoms with Crippen molar-refractivity contribution in [2.45, 2.75) is 32.0 Å². The predicted octanol–water partition coefficient (Wildman–Crippen LogP) is 3.94. The van der Waals surface area contributed by atoms with Crippen molar-refractivity contribution in [1.82, 2.24) is 19.7 Å². The Morgan fingerprint density at radius 3 is 2.74 bits per heavy atom. The van der Waals surface area contributed by atoms with Gasteiger partial charge >= 0.3 is 0 Å². The molecule has 0 spiro atoms. The number of fused-ring (bicyclic) bond motifs is 1. The number of hydrogen-bond donors (Lipinski definition) is 1. The molecule has 6 nitrogen and oxygen atoms in total. The molecular weight excluding hydrogens is 412 g/mol. The molecule has 0 aliphatic carbocycles. The van der Waals surface area contributed by atoms with Gasteiger partial charge in [0.1, 0.15) is 12.4 Å². The molecule has 0 saturated carbocycles. The van der Waals surface area contributed by atoms with E-state index >= 15 is 0 Å². The Labute approximate surface area is 186 Å². The molecule has 7 heteroatoms. The quantitative estimate of drug-likeness (QED) is 0.497. The van der Waals surface area contributed by atoms with Gasteiger partial charge in [-0.1, -0.05) is 30.3 Å². The van der Waals surface area contributed by atoms with Crippen LogP contribution < -0.4 is 15.6 Å². The number of nitrogens with one attached hydrogen (secondary N) is 1. The Morgan fingerprint density at radius 2 is 1.97 bits per heavy atom. The van der Waals surface area contributed by atoms with Gasteiger partial charge in [0.25, 0.3) is 5.56 Å². The molecule has 0 bridgehead atoms. The molecule has 0 radical (unpaired) electrons. The first-order valence-electron chi connectivity index (χ1n) is 10.3. The summed E-state index contributed by atoms with van der Waals surface area (Å²) in [5, 5.41) is 9.09. The van der Waals surface area contributed by atoms with Crippen LogP contribution in [0.15, 0.2) is 77.9 Å². The Bertz CT molecular complexity index is 1210. The summed E-state index contributed by atoms with van der Waals surface area (Å²) in [6, 6.07) is 19.8. The molecule has 1 aliphatic rings. The first-order chi connectivity index (χ1) is 14.8. The van der Waals surface area contributed by atoms with Crippen LogP contribution in [0.25, 0.3) is 16.6 Å². The van der Waals surface area contributed by atoms with Crippen molar-refractivity contribution in [3.8, 4) is 11.4 Å². The van der Waals surface area contributed by atoms with Gasteiger partial charge in [-0.15, -0.1) is 12.4 Å². The average Bonchev–Trinajstić information content (AvgIpc) is 3.43. The number of hydrogen-bond acceptors (Lipinski definition) is 4. The van der Waals surface area contributed by atoms with Gasteiger partial charge in [0.05, 0.1) is 18.3 Å². The molecule has 1 N–H and O–H groups in total. The fourth-order valence-corrected chi connectivity index (χ4v) is 4.00. The van der Waals surface area contributed by atoms with E-state index in [1.807, 2.05) is 65.5 Å². The maximum atomic E-state index is 12.7. The molecular formula is C24H25ClN4O2. The number of benzene rings is 2. The summed E-state index contributed by atoms with van der Waals surface area (Å²) >= 11 is 0. The van der Waals surface area contributed by atoms with E-state index in [4.69, 9.17) is 4.74 Å². The van der Waals surface area contributed by atoms with E-state index in [0.29, 0.717) is 18.4 Å². The number of rotatable bonds is 6. The first kappa shape index (κ1) is 21.2. The minimum atomic E-state index is -0.123. The lowest BCUT2D eigenvalue weighted by molar-refractivity contribution is 0.305. The molecule has 5 rings (SSSR count). The van der Waals surface area contributed by atoms with E-state index in [9.17, 15) is 4.79 Å². The molecule has 31 heavy (non-hydrogen) atoms. The molecule has 2 aromatic heterocycles. The maximum absolute atomic E-state index is 12.7. The van der Waals surface area contributed by atoms with E-state index < -0.39 is 0 Å². The number of nitrogens with zero attached hydrogens (tertiary/aromatic N) is 3. The predicted molar refractivity (Wildman–Crippen MR) is 124 cm³/mol. The van der Waals surface area contributed by atoms with Crippen LogP contribution in [-0.2, 0) is 13.2 Å². The highest BCUT2D eigenvalue weighted by Gasteiger charge is 2.16. The van der Waals surface area contributed by atoms with Crippen molar-refractivity contribution in [3.63, 3.8) is 0 Å². The van der Waals surface area contributed by atoms with E-state index in [1.165, 1.54) is 18.9 Å². The fraction of sp³-hybridized carbons (Fsp3) is 0.250. The maximum Gasteiger partial charge on any atom is 0.258 e. The SMILES string of the molecule is Cl.O=c1cc(OCc2ccccc2)ccn1-c1ccc2c(cnn2CC2CCCN2)c1. The highest BCUT2D eigenvalue weighted by Crippen LogP contribution is 2.20. The summed E-state index contributed by atoms with van der Waals surface area (Å²) in [4.78, 5) is 12.7. The van der Waals surface area contributed by atoms with Crippen LogP contribution in [0, 0.1) is 0 Å². The van der Waals surface area contributed by atoms with E-state index in [2.05, 4.69) is 10.4 Å². The molecule has 1 unspecified atom stereocenters. The second kappa shape index (κ2) is 9.37.